The molecule has 0 bridgehead atoms. The number of aryl methyl sites for hydroxylation is 1. The van der Waals surface area contributed by atoms with Crippen molar-refractivity contribution in [3.63, 3.8) is 0 Å². The quantitative estimate of drug-likeness (QED) is 0.743. The number of nitrogens with one attached hydrogen (secondary N) is 1. The Morgan fingerprint density at radius 2 is 2.12 bits per heavy atom. The van der Waals surface area contributed by atoms with Crippen molar-refractivity contribution in [3.8, 4) is 5.75 Å². The number of aromatic amines is 1. The first-order valence-electron chi connectivity index (χ1n) is 9.19. The molecule has 1 N–H and O–H groups in total. The number of rotatable bonds is 6. The van der Waals surface area contributed by atoms with Crippen LogP contribution in [-0.2, 0) is 19.4 Å². The molecule has 0 amide bonds. The zero-order valence-electron chi connectivity index (χ0n) is 15.4. The first-order valence-corrected chi connectivity index (χ1v) is 9.19. The van der Waals surface area contributed by atoms with Crippen molar-refractivity contribution >= 4 is 11.0 Å². The van der Waals surface area contributed by atoms with Crippen LogP contribution >= 0.6 is 0 Å². The summed E-state index contributed by atoms with van der Waals surface area (Å²) in [6, 6.07) is 14.8. The number of para-hydroxylation sites is 1. The second-order valence-electron chi connectivity index (χ2n) is 7.15. The third kappa shape index (κ3) is 3.15. The average molecular weight is 351 g/mol. The molecule has 1 aromatic heterocycles. The van der Waals surface area contributed by atoms with Gasteiger partial charge < -0.3 is 14.6 Å². The second-order valence-corrected chi connectivity index (χ2v) is 7.15. The summed E-state index contributed by atoms with van der Waals surface area (Å²) in [5, 5.41) is 0. The van der Waals surface area contributed by atoms with E-state index in [1.807, 2.05) is 28.8 Å². The van der Waals surface area contributed by atoms with Gasteiger partial charge >= 0.3 is 5.69 Å². The van der Waals surface area contributed by atoms with E-state index in [2.05, 4.69) is 35.1 Å². The van der Waals surface area contributed by atoms with Crippen LogP contribution in [0.1, 0.15) is 17.5 Å². The normalized spacial score (nSPS) is 16.3. The van der Waals surface area contributed by atoms with E-state index in [1.165, 1.54) is 11.1 Å². The van der Waals surface area contributed by atoms with Crippen LogP contribution < -0.4 is 10.4 Å². The maximum absolute atomic E-state index is 12.3. The lowest BCUT2D eigenvalue weighted by atomic mass is 9.99. The maximum atomic E-state index is 12.3. The average Bonchev–Trinajstić information content (AvgIpc) is 2.99. The first kappa shape index (κ1) is 16.9. The van der Waals surface area contributed by atoms with Crippen molar-refractivity contribution in [2.45, 2.75) is 31.8 Å². The summed E-state index contributed by atoms with van der Waals surface area (Å²) < 4.78 is 7.20. The zero-order valence-corrected chi connectivity index (χ0v) is 15.4. The monoisotopic (exact) mass is 351 g/mol. The summed E-state index contributed by atoms with van der Waals surface area (Å²) in [5.41, 5.74) is 4.60. The molecule has 3 aromatic rings. The molecule has 0 saturated carbocycles. The zero-order chi connectivity index (χ0) is 18.1. The van der Waals surface area contributed by atoms with E-state index >= 15 is 0 Å². The molecule has 5 nitrogen and oxygen atoms in total. The van der Waals surface area contributed by atoms with Gasteiger partial charge in [0.15, 0.2) is 0 Å². The number of aromatic nitrogens is 2. The summed E-state index contributed by atoms with van der Waals surface area (Å²) >= 11 is 0. The van der Waals surface area contributed by atoms with E-state index in [1.54, 1.807) is 7.11 Å². The predicted molar refractivity (Wildman–Crippen MR) is 104 cm³/mol. The molecule has 4 rings (SSSR count). The fraction of sp³-hybridized carbons (Fsp3) is 0.381. The van der Waals surface area contributed by atoms with Gasteiger partial charge in [0.05, 0.1) is 18.1 Å². The SMILES string of the molecule is COc1cccc(CCCN(C)[C@@H]2Cc3cccc4[nH]c(=O)n(c34)C2)c1. The number of H-pyrrole nitrogens is 1. The van der Waals surface area contributed by atoms with E-state index < -0.39 is 0 Å². The van der Waals surface area contributed by atoms with Gasteiger partial charge in [0, 0.05) is 12.6 Å². The van der Waals surface area contributed by atoms with Crippen LogP contribution in [-0.4, -0.2) is 41.2 Å². The summed E-state index contributed by atoms with van der Waals surface area (Å²) in [7, 11) is 3.87. The highest BCUT2D eigenvalue weighted by Gasteiger charge is 2.25. The van der Waals surface area contributed by atoms with E-state index in [0.717, 1.165) is 49.1 Å². The van der Waals surface area contributed by atoms with Crippen LogP contribution in [0.15, 0.2) is 47.3 Å². The number of benzene rings is 2. The highest BCUT2D eigenvalue weighted by molar-refractivity contribution is 5.79. The van der Waals surface area contributed by atoms with Crippen molar-refractivity contribution in [3.05, 3.63) is 64.1 Å². The molecule has 0 aliphatic carbocycles. The molecule has 1 aliphatic heterocycles. The molecule has 136 valence electrons. The highest BCUT2D eigenvalue weighted by atomic mass is 16.5. The van der Waals surface area contributed by atoms with Gasteiger partial charge in [-0.1, -0.05) is 24.3 Å². The van der Waals surface area contributed by atoms with E-state index in [4.69, 9.17) is 4.74 Å². The number of likely N-dealkylation sites (N-methyl/N-ethyl adjacent to an activating group) is 1. The Kier molecular flexibility index (Phi) is 4.55. The van der Waals surface area contributed by atoms with E-state index in [9.17, 15) is 4.79 Å². The van der Waals surface area contributed by atoms with E-state index in [0.29, 0.717) is 6.04 Å². The molecule has 5 heteroatoms. The van der Waals surface area contributed by atoms with Crippen LogP contribution in [0.5, 0.6) is 5.75 Å². The van der Waals surface area contributed by atoms with Crippen LogP contribution in [0, 0.1) is 0 Å². The number of hydrogen-bond donors (Lipinski definition) is 1. The summed E-state index contributed by atoms with van der Waals surface area (Å²) in [6.07, 6.45) is 3.10. The minimum absolute atomic E-state index is 0.00179. The van der Waals surface area contributed by atoms with Gasteiger partial charge in [0.1, 0.15) is 5.75 Å². The Labute approximate surface area is 153 Å². The summed E-state index contributed by atoms with van der Waals surface area (Å²) in [4.78, 5) is 17.6. The highest BCUT2D eigenvalue weighted by Crippen LogP contribution is 2.24. The number of methoxy groups -OCH3 is 1. The lowest BCUT2D eigenvalue weighted by Crippen LogP contribution is -2.42. The van der Waals surface area contributed by atoms with Crippen molar-refractivity contribution in [2.24, 2.45) is 0 Å². The molecule has 2 aromatic carbocycles. The number of imidazole rings is 1. The van der Waals surface area contributed by atoms with Crippen molar-refractivity contribution in [1.82, 2.24) is 14.5 Å². The first-order chi connectivity index (χ1) is 12.7. The Morgan fingerprint density at radius 1 is 1.27 bits per heavy atom. The molecule has 0 fully saturated rings. The van der Waals surface area contributed by atoms with Crippen molar-refractivity contribution < 1.29 is 4.74 Å². The minimum atomic E-state index is 0.00179. The van der Waals surface area contributed by atoms with Gasteiger partial charge in [-0.25, -0.2) is 4.79 Å². The van der Waals surface area contributed by atoms with Crippen LogP contribution in [0.25, 0.3) is 11.0 Å². The molecule has 26 heavy (non-hydrogen) atoms. The van der Waals surface area contributed by atoms with Gasteiger partial charge in [-0.15, -0.1) is 0 Å². The van der Waals surface area contributed by atoms with Gasteiger partial charge in [0.25, 0.3) is 0 Å². The molecule has 0 unspecified atom stereocenters. The molecular weight excluding hydrogens is 326 g/mol. The number of hydrogen-bond acceptors (Lipinski definition) is 3. The molecule has 0 radical (unpaired) electrons. The largest absolute Gasteiger partial charge is 0.497 e. The third-order valence-electron chi connectivity index (χ3n) is 5.46. The van der Waals surface area contributed by atoms with Crippen molar-refractivity contribution in [1.29, 1.82) is 0 Å². The number of ether oxygens (including phenoxy) is 1. The Hall–Kier alpha value is -2.53. The summed E-state index contributed by atoms with van der Waals surface area (Å²) in [6.45, 7) is 1.76. The third-order valence-corrected chi connectivity index (χ3v) is 5.46. The fourth-order valence-corrected chi connectivity index (χ4v) is 4.00. The van der Waals surface area contributed by atoms with Crippen LogP contribution in [0.3, 0.4) is 0 Å². The van der Waals surface area contributed by atoms with E-state index in [-0.39, 0.29) is 5.69 Å². The maximum Gasteiger partial charge on any atom is 0.326 e. The Balaban J connectivity index is 1.41. The molecule has 1 aliphatic rings. The Morgan fingerprint density at radius 3 is 2.96 bits per heavy atom. The van der Waals surface area contributed by atoms with Gasteiger partial charge in [-0.2, -0.15) is 0 Å². The van der Waals surface area contributed by atoms with Gasteiger partial charge in [-0.3, -0.25) is 4.57 Å². The minimum Gasteiger partial charge on any atom is -0.497 e. The van der Waals surface area contributed by atoms with Crippen LogP contribution in [0.4, 0.5) is 0 Å². The summed E-state index contributed by atoms with van der Waals surface area (Å²) in [5.74, 6) is 0.913. The molecule has 1 atom stereocenters. The smallest absolute Gasteiger partial charge is 0.326 e. The second kappa shape index (κ2) is 7.00. The predicted octanol–water partition coefficient (Wildman–Crippen LogP) is 2.83. The van der Waals surface area contributed by atoms with Crippen LogP contribution in [0.2, 0.25) is 0 Å². The molecule has 0 saturated heterocycles. The molecular formula is C21H25N3O2. The lowest BCUT2D eigenvalue weighted by Gasteiger charge is -2.31. The molecule has 2 heterocycles. The standard InChI is InChI=1S/C21H25N3O2/c1-23(11-5-7-15-6-3-9-18(12-15)26-2)17-13-16-8-4-10-19-20(16)24(14-17)21(25)22-19/h3-4,6,8-10,12,17H,5,7,11,13-14H2,1-2H3,(H,22,25)/t17-/m1/s1. The molecule has 0 spiro atoms. The topological polar surface area (TPSA) is 50.3 Å². The van der Waals surface area contributed by atoms with Gasteiger partial charge in [-0.05, 0) is 62.2 Å². The van der Waals surface area contributed by atoms with Gasteiger partial charge in [0.2, 0.25) is 0 Å². The lowest BCUT2D eigenvalue weighted by molar-refractivity contribution is 0.211. The number of nitrogens with zero attached hydrogens (tertiary/aromatic N) is 2. The van der Waals surface area contributed by atoms with Crippen molar-refractivity contribution in [2.75, 3.05) is 20.7 Å². The Bertz CT molecular complexity index is 973. The fourth-order valence-electron chi connectivity index (χ4n) is 4.00.